The Morgan fingerprint density at radius 3 is 1.24 bits per heavy atom. The summed E-state index contributed by atoms with van der Waals surface area (Å²) in [7, 11) is 0. The highest BCUT2D eigenvalue weighted by atomic mass is 16.3. The normalized spacial score (nSPS) is 15.6. The number of piperidine rings is 1. The molecule has 3 aliphatic rings. The molecule has 498 valence electrons. The molecule has 2 atom stereocenters. The molecule has 9 aromatic rings. The lowest BCUT2D eigenvalue weighted by molar-refractivity contribution is 0.162. The molecule has 6 N–H and O–H groups in total. The van der Waals surface area contributed by atoms with Gasteiger partial charge < -0.3 is 31.3 Å². The first-order chi connectivity index (χ1) is 46.6. The standard InChI is InChI=1S/2C27H34N4O.C26H32N4O/c1-2-31(24-12-15-28-16-13-24)20-22-8-3-9-23(18-22)26-14-17-29-27(30-26)11-5-7-21-6-4-10-25(32)19-21;1-2-31(20-23-13-15-28-18-23)19-22-6-3-7-24(17-22)26-14-16-29-27(30-26)8-4-5-21-9-11-25(32)12-10-21;1-2-30(23-12-14-27-18-23)19-21-8-3-9-22(16-21)25-13-15-28-26(29-25)11-5-7-20-6-4-10-24(31)17-20/h3-4,6,8-10,14,17-19,24,28,32H,2,5,7,11-13,15-16,20H2,1H3;3,6-7,9-12,14,16-17,23,28,32H,2,4-5,8,13,15,18-20H2,1H3;3-4,6,8-10,13,15-17,23,27,31H,2,5,7,11-12,14,18-19H2,1H3/t;23-;/m.1./s1. The van der Waals surface area contributed by atoms with Gasteiger partial charge in [0.2, 0.25) is 0 Å². The monoisotopic (exact) mass is 1280 g/mol. The van der Waals surface area contributed by atoms with Gasteiger partial charge in [-0.25, -0.2) is 29.9 Å². The Hall–Kier alpha value is -8.28. The summed E-state index contributed by atoms with van der Waals surface area (Å²) in [6.07, 6.45) is 18.7. The minimum absolute atomic E-state index is 0.310. The minimum Gasteiger partial charge on any atom is -0.508 e. The molecule has 6 aromatic carbocycles. The van der Waals surface area contributed by atoms with Crippen LogP contribution in [0.1, 0.15) is 117 Å². The largest absolute Gasteiger partial charge is 0.508 e. The summed E-state index contributed by atoms with van der Waals surface area (Å²) >= 11 is 0. The molecule has 0 amide bonds. The average Bonchev–Trinajstić information content (AvgIpc) is 1.86. The van der Waals surface area contributed by atoms with Crippen LogP contribution in [0.15, 0.2) is 182 Å². The second-order valence-corrected chi connectivity index (χ2v) is 25.7. The summed E-state index contributed by atoms with van der Waals surface area (Å²) in [5, 5.41) is 39.1. The van der Waals surface area contributed by atoms with Crippen LogP contribution >= 0.6 is 0 Å². The molecule has 15 nitrogen and oxygen atoms in total. The summed E-state index contributed by atoms with van der Waals surface area (Å²) < 4.78 is 0. The highest BCUT2D eigenvalue weighted by Crippen LogP contribution is 2.26. The Balaban J connectivity index is 0.000000155. The van der Waals surface area contributed by atoms with Crippen LogP contribution in [0.3, 0.4) is 0 Å². The molecule has 1 unspecified atom stereocenters. The minimum atomic E-state index is 0.310. The number of nitrogens with zero attached hydrogens (tertiary/aromatic N) is 9. The van der Waals surface area contributed by atoms with Gasteiger partial charge in [-0.15, -0.1) is 0 Å². The SMILES string of the molecule is CCN(Cc1cccc(-c2ccnc(CCCc3ccc(O)cc3)n2)c1)C[C@@H]1CCNC1.CCN(Cc1cccc(-c2ccnc(CCCc3cccc(O)c3)n2)c1)C1CCNC1.CCN(Cc1cccc(-c2ccnc(CCCc3cccc(O)c3)n2)c1)C1CCNCC1. The summed E-state index contributed by atoms with van der Waals surface area (Å²) in [5.41, 5.74) is 13.9. The van der Waals surface area contributed by atoms with E-state index in [1.165, 1.54) is 47.9 Å². The second-order valence-electron chi connectivity index (χ2n) is 25.7. The van der Waals surface area contributed by atoms with Crippen LogP contribution in [0.5, 0.6) is 17.2 Å². The Bertz CT molecular complexity index is 3740. The Labute approximate surface area is 564 Å². The van der Waals surface area contributed by atoms with Crippen molar-refractivity contribution in [1.29, 1.82) is 0 Å². The zero-order valence-corrected chi connectivity index (χ0v) is 56.3. The van der Waals surface area contributed by atoms with Gasteiger partial charge in [-0.3, -0.25) is 14.7 Å². The van der Waals surface area contributed by atoms with E-state index in [0.717, 1.165) is 211 Å². The molecule has 0 aliphatic carbocycles. The molecule has 95 heavy (non-hydrogen) atoms. The predicted octanol–water partition coefficient (Wildman–Crippen LogP) is 13.3. The number of aromatic nitrogens is 6. The smallest absolute Gasteiger partial charge is 0.128 e. The molecule has 0 bridgehead atoms. The third kappa shape index (κ3) is 22.4. The van der Waals surface area contributed by atoms with E-state index < -0.39 is 0 Å². The van der Waals surface area contributed by atoms with Gasteiger partial charge in [0, 0.05) is 99.4 Å². The number of benzene rings is 6. The van der Waals surface area contributed by atoms with Gasteiger partial charge in [-0.05, 0) is 229 Å². The van der Waals surface area contributed by atoms with Crippen molar-refractivity contribution in [3.63, 3.8) is 0 Å². The molecule has 3 fully saturated rings. The second kappa shape index (κ2) is 37.1. The molecule has 3 saturated heterocycles. The maximum absolute atomic E-state index is 9.63. The maximum Gasteiger partial charge on any atom is 0.128 e. The fourth-order valence-electron chi connectivity index (χ4n) is 13.4. The van der Waals surface area contributed by atoms with Gasteiger partial charge >= 0.3 is 0 Å². The first-order valence-corrected chi connectivity index (χ1v) is 35.0. The fraction of sp³-hybridized carbons (Fsp3) is 0.400. The number of phenols is 3. The Kier molecular flexibility index (Phi) is 27.2. The lowest BCUT2D eigenvalue weighted by Crippen LogP contribution is -2.42. The molecular formula is C80H100N12O3. The molecule has 3 aliphatic heterocycles. The van der Waals surface area contributed by atoms with Gasteiger partial charge in [-0.2, -0.15) is 0 Å². The molecule has 0 saturated carbocycles. The first kappa shape index (κ1) is 69.5. The topological polar surface area (TPSA) is 184 Å². The Morgan fingerprint density at radius 2 is 0.800 bits per heavy atom. The first-order valence-electron chi connectivity index (χ1n) is 35.0. The molecule has 3 aromatic heterocycles. The quantitative estimate of drug-likeness (QED) is 0.0272. The Morgan fingerprint density at radius 1 is 0.379 bits per heavy atom. The molecule has 0 spiro atoms. The van der Waals surface area contributed by atoms with E-state index in [1.807, 2.05) is 85.3 Å². The van der Waals surface area contributed by atoms with Gasteiger partial charge in [0.05, 0.1) is 17.1 Å². The number of aromatic hydroxyl groups is 3. The number of likely N-dealkylation sites (N-methyl/N-ethyl adjacent to an activating group) is 1. The van der Waals surface area contributed by atoms with Gasteiger partial charge in [0.1, 0.15) is 34.7 Å². The van der Waals surface area contributed by atoms with Crippen LogP contribution in [0.25, 0.3) is 33.8 Å². The van der Waals surface area contributed by atoms with E-state index in [-0.39, 0.29) is 0 Å². The average molecular weight is 1280 g/mol. The van der Waals surface area contributed by atoms with E-state index in [4.69, 9.17) is 15.0 Å². The molecule has 12 rings (SSSR count). The zero-order chi connectivity index (χ0) is 65.8. The van der Waals surface area contributed by atoms with Crippen molar-refractivity contribution in [1.82, 2.24) is 60.6 Å². The van der Waals surface area contributed by atoms with Crippen LogP contribution < -0.4 is 16.0 Å². The lowest BCUT2D eigenvalue weighted by atomic mass is 10.0. The number of aryl methyl sites for hydroxylation is 6. The van der Waals surface area contributed by atoms with Crippen molar-refractivity contribution in [3.05, 3.63) is 233 Å². The summed E-state index contributed by atoms with van der Waals surface area (Å²) in [5.74, 6) is 4.35. The number of hydrogen-bond acceptors (Lipinski definition) is 15. The van der Waals surface area contributed by atoms with Crippen LogP contribution in [-0.4, -0.2) is 137 Å². The van der Waals surface area contributed by atoms with E-state index >= 15 is 0 Å². The van der Waals surface area contributed by atoms with Crippen LogP contribution in [0.2, 0.25) is 0 Å². The van der Waals surface area contributed by atoms with E-state index in [9.17, 15) is 15.3 Å². The summed E-state index contributed by atoms with van der Waals surface area (Å²) in [4.78, 5) is 35.7. The maximum atomic E-state index is 9.63. The van der Waals surface area contributed by atoms with Crippen molar-refractivity contribution in [2.75, 3.05) is 65.4 Å². The van der Waals surface area contributed by atoms with Crippen molar-refractivity contribution < 1.29 is 15.3 Å². The van der Waals surface area contributed by atoms with Crippen LogP contribution in [0.4, 0.5) is 0 Å². The van der Waals surface area contributed by atoms with Crippen LogP contribution in [-0.2, 0) is 58.2 Å². The number of rotatable bonds is 28. The molecule has 15 heteroatoms. The summed E-state index contributed by atoms with van der Waals surface area (Å²) in [6.45, 7) is 20.8. The van der Waals surface area contributed by atoms with Crippen molar-refractivity contribution in [2.45, 2.75) is 136 Å². The fourth-order valence-corrected chi connectivity index (χ4v) is 13.4. The van der Waals surface area contributed by atoms with Crippen molar-refractivity contribution in [2.24, 2.45) is 5.92 Å². The number of hydrogen-bond donors (Lipinski definition) is 6. The third-order valence-corrected chi connectivity index (χ3v) is 18.6. The molecule has 6 heterocycles. The molecular weight excluding hydrogens is 1180 g/mol. The number of phenolic OH excluding ortho intramolecular Hbond substituents is 3. The van der Waals surface area contributed by atoms with Crippen molar-refractivity contribution in [3.8, 4) is 51.0 Å². The van der Waals surface area contributed by atoms with E-state index in [2.05, 4.69) is 139 Å². The van der Waals surface area contributed by atoms with E-state index in [1.54, 1.807) is 24.3 Å². The van der Waals surface area contributed by atoms with E-state index in [0.29, 0.717) is 29.3 Å². The van der Waals surface area contributed by atoms with Gasteiger partial charge in [0.25, 0.3) is 0 Å². The third-order valence-electron chi connectivity index (χ3n) is 18.6. The van der Waals surface area contributed by atoms with Gasteiger partial charge in [-0.1, -0.05) is 112 Å². The van der Waals surface area contributed by atoms with Crippen molar-refractivity contribution >= 4 is 0 Å². The number of nitrogens with one attached hydrogen (secondary N) is 3. The summed E-state index contributed by atoms with van der Waals surface area (Å²) in [6, 6.07) is 56.0. The zero-order valence-electron chi connectivity index (χ0n) is 56.3. The lowest BCUT2D eigenvalue weighted by Gasteiger charge is -2.34. The van der Waals surface area contributed by atoms with Crippen LogP contribution in [0, 0.1) is 5.92 Å². The predicted molar refractivity (Wildman–Crippen MR) is 384 cm³/mol. The molecule has 0 radical (unpaired) electrons. The highest BCUT2D eigenvalue weighted by molar-refractivity contribution is 5.61. The highest BCUT2D eigenvalue weighted by Gasteiger charge is 2.23. The van der Waals surface area contributed by atoms with Gasteiger partial charge in [0.15, 0.2) is 0 Å².